The number of hydrogen-bond acceptors (Lipinski definition) is 5. The number of fused-ring (bicyclic) bond motifs is 1. The SMILES string of the molecule is Cc1c(C#N)c(NC(=O)CN(C)Cc2ccc3c(c2)OCO3)n(-c2cccc(F)c2)c1C. The molecule has 1 N–H and O–H groups in total. The number of carbonyl (C=O) groups is 1. The van der Waals surface area contributed by atoms with Crippen LogP contribution in [0.2, 0.25) is 0 Å². The number of nitrogens with zero attached hydrogens (tertiary/aromatic N) is 3. The molecule has 0 radical (unpaired) electrons. The van der Waals surface area contributed by atoms with E-state index in [1.807, 2.05) is 44.0 Å². The van der Waals surface area contributed by atoms with Crippen LogP contribution in [0.3, 0.4) is 0 Å². The highest BCUT2D eigenvalue weighted by Gasteiger charge is 2.22. The largest absolute Gasteiger partial charge is 0.454 e. The van der Waals surface area contributed by atoms with Crippen molar-refractivity contribution >= 4 is 11.7 Å². The van der Waals surface area contributed by atoms with Crippen LogP contribution in [0.25, 0.3) is 5.69 Å². The van der Waals surface area contributed by atoms with Crippen molar-refractivity contribution in [1.82, 2.24) is 9.47 Å². The number of benzene rings is 2. The highest BCUT2D eigenvalue weighted by atomic mass is 19.1. The van der Waals surface area contributed by atoms with Gasteiger partial charge in [-0.3, -0.25) is 14.3 Å². The number of likely N-dealkylation sites (N-methyl/N-ethyl adjacent to an activating group) is 1. The molecule has 8 heteroatoms. The number of rotatable bonds is 6. The molecule has 7 nitrogen and oxygen atoms in total. The number of carbonyl (C=O) groups excluding carboxylic acids is 1. The van der Waals surface area contributed by atoms with E-state index in [1.165, 1.54) is 12.1 Å². The van der Waals surface area contributed by atoms with E-state index in [1.54, 1.807) is 16.7 Å². The van der Waals surface area contributed by atoms with Gasteiger partial charge >= 0.3 is 0 Å². The molecule has 0 fully saturated rings. The number of nitriles is 1. The number of nitrogens with one attached hydrogen (secondary N) is 1. The molecule has 4 rings (SSSR count). The van der Waals surface area contributed by atoms with Crippen molar-refractivity contribution < 1.29 is 18.7 Å². The Hall–Kier alpha value is -3.83. The molecule has 1 aliphatic heterocycles. The van der Waals surface area contributed by atoms with E-state index in [4.69, 9.17) is 9.47 Å². The summed E-state index contributed by atoms with van der Waals surface area (Å²) in [5, 5.41) is 12.5. The lowest BCUT2D eigenvalue weighted by molar-refractivity contribution is -0.117. The fourth-order valence-electron chi connectivity index (χ4n) is 3.82. The quantitative estimate of drug-likeness (QED) is 0.637. The van der Waals surface area contributed by atoms with Gasteiger partial charge in [0, 0.05) is 12.2 Å². The van der Waals surface area contributed by atoms with Gasteiger partial charge in [-0.25, -0.2) is 4.39 Å². The van der Waals surface area contributed by atoms with E-state index in [-0.39, 0.29) is 19.2 Å². The Bertz CT molecular complexity index is 1230. The minimum atomic E-state index is -0.396. The third kappa shape index (κ3) is 4.15. The van der Waals surface area contributed by atoms with Crippen LogP contribution in [-0.2, 0) is 11.3 Å². The number of ether oxygens (including phenoxy) is 2. The maximum Gasteiger partial charge on any atom is 0.239 e. The van der Waals surface area contributed by atoms with Crippen LogP contribution < -0.4 is 14.8 Å². The number of aromatic nitrogens is 1. The van der Waals surface area contributed by atoms with Crippen LogP contribution in [0.4, 0.5) is 10.2 Å². The van der Waals surface area contributed by atoms with Gasteiger partial charge < -0.3 is 14.8 Å². The standard InChI is InChI=1S/C24H23FN4O3/c1-15-16(2)29(19-6-4-5-18(25)10-19)24(20(15)11-26)27-23(30)13-28(3)12-17-7-8-21-22(9-17)32-14-31-21/h4-10H,12-14H2,1-3H3,(H,27,30). The minimum absolute atomic E-state index is 0.103. The summed E-state index contributed by atoms with van der Waals surface area (Å²) in [6.07, 6.45) is 0. The Morgan fingerprint density at radius 1 is 1.22 bits per heavy atom. The van der Waals surface area contributed by atoms with Gasteiger partial charge in [-0.15, -0.1) is 0 Å². The van der Waals surface area contributed by atoms with Crippen LogP contribution in [0.1, 0.15) is 22.4 Å². The molecule has 3 aromatic rings. The number of amides is 1. The molecule has 0 aliphatic carbocycles. The van der Waals surface area contributed by atoms with E-state index in [9.17, 15) is 14.4 Å². The first kappa shape index (κ1) is 21.4. The first-order valence-electron chi connectivity index (χ1n) is 10.1. The average Bonchev–Trinajstić information content (AvgIpc) is 3.30. The Morgan fingerprint density at radius 3 is 2.75 bits per heavy atom. The zero-order valence-corrected chi connectivity index (χ0v) is 18.1. The Kier molecular flexibility index (Phi) is 5.84. The van der Waals surface area contributed by atoms with Crippen molar-refractivity contribution in [3.8, 4) is 23.3 Å². The zero-order chi connectivity index (χ0) is 22.8. The fraction of sp³-hybridized carbons (Fsp3) is 0.250. The second-order valence-corrected chi connectivity index (χ2v) is 7.77. The molecular formula is C24H23FN4O3. The van der Waals surface area contributed by atoms with Crippen molar-refractivity contribution in [3.05, 3.63) is 70.7 Å². The third-order valence-electron chi connectivity index (χ3n) is 5.45. The van der Waals surface area contributed by atoms with E-state index in [0.717, 1.165) is 16.8 Å². The maximum atomic E-state index is 13.8. The van der Waals surface area contributed by atoms with Gasteiger partial charge in [-0.1, -0.05) is 12.1 Å². The van der Waals surface area contributed by atoms with Crippen LogP contribution in [0.15, 0.2) is 42.5 Å². The summed E-state index contributed by atoms with van der Waals surface area (Å²) in [6.45, 7) is 4.49. The second-order valence-electron chi connectivity index (χ2n) is 7.77. The Balaban J connectivity index is 1.52. The van der Waals surface area contributed by atoms with Crippen LogP contribution >= 0.6 is 0 Å². The number of halogens is 1. The molecule has 1 amide bonds. The van der Waals surface area contributed by atoms with Gasteiger partial charge in [0.2, 0.25) is 12.7 Å². The average molecular weight is 434 g/mol. The van der Waals surface area contributed by atoms with Gasteiger partial charge in [0.05, 0.1) is 17.8 Å². The smallest absolute Gasteiger partial charge is 0.239 e. The topological polar surface area (TPSA) is 79.5 Å². The number of hydrogen-bond donors (Lipinski definition) is 1. The van der Waals surface area contributed by atoms with Gasteiger partial charge in [0.15, 0.2) is 11.5 Å². The summed E-state index contributed by atoms with van der Waals surface area (Å²) >= 11 is 0. The monoisotopic (exact) mass is 434 g/mol. The van der Waals surface area contributed by atoms with Gasteiger partial charge in [-0.2, -0.15) is 5.26 Å². The summed E-state index contributed by atoms with van der Waals surface area (Å²) in [5.41, 5.74) is 3.38. The third-order valence-corrected chi connectivity index (χ3v) is 5.45. The Labute approximate surface area is 185 Å². The van der Waals surface area contributed by atoms with Gasteiger partial charge in [-0.05, 0) is 62.4 Å². The molecule has 0 unspecified atom stereocenters. The molecule has 2 aromatic carbocycles. The van der Waals surface area contributed by atoms with Crippen molar-refractivity contribution in [2.24, 2.45) is 0 Å². The summed E-state index contributed by atoms with van der Waals surface area (Å²) in [4.78, 5) is 14.7. The van der Waals surface area contributed by atoms with E-state index in [0.29, 0.717) is 35.1 Å². The lowest BCUT2D eigenvalue weighted by Crippen LogP contribution is -2.30. The molecule has 164 valence electrons. The van der Waals surface area contributed by atoms with Crippen LogP contribution in [0.5, 0.6) is 11.5 Å². The predicted octanol–water partition coefficient (Wildman–Crippen LogP) is 3.90. The molecular weight excluding hydrogens is 411 g/mol. The van der Waals surface area contributed by atoms with Crippen LogP contribution in [-0.4, -0.2) is 35.8 Å². The number of anilines is 1. The van der Waals surface area contributed by atoms with Crippen molar-refractivity contribution in [2.45, 2.75) is 20.4 Å². The van der Waals surface area contributed by atoms with Crippen molar-refractivity contribution in [2.75, 3.05) is 25.7 Å². The molecule has 0 saturated carbocycles. The van der Waals surface area contributed by atoms with E-state index in [2.05, 4.69) is 11.4 Å². The lowest BCUT2D eigenvalue weighted by atomic mass is 10.2. The summed E-state index contributed by atoms with van der Waals surface area (Å²) in [7, 11) is 1.83. The molecule has 1 aromatic heterocycles. The minimum Gasteiger partial charge on any atom is -0.454 e. The lowest BCUT2D eigenvalue weighted by Gasteiger charge is -2.18. The van der Waals surface area contributed by atoms with Gasteiger partial charge in [0.25, 0.3) is 0 Å². The first-order chi connectivity index (χ1) is 15.4. The second kappa shape index (κ2) is 8.73. The molecule has 0 bridgehead atoms. The van der Waals surface area contributed by atoms with Crippen LogP contribution in [0, 0.1) is 31.0 Å². The summed E-state index contributed by atoms with van der Waals surface area (Å²) in [6, 6.07) is 13.9. The molecule has 0 saturated heterocycles. The molecule has 2 heterocycles. The highest BCUT2D eigenvalue weighted by molar-refractivity contribution is 5.93. The van der Waals surface area contributed by atoms with Crippen molar-refractivity contribution in [3.63, 3.8) is 0 Å². The van der Waals surface area contributed by atoms with E-state index >= 15 is 0 Å². The predicted molar refractivity (Wildman–Crippen MR) is 117 cm³/mol. The van der Waals surface area contributed by atoms with Gasteiger partial charge in [0.1, 0.15) is 17.7 Å². The zero-order valence-electron chi connectivity index (χ0n) is 18.1. The van der Waals surface area contributed by atoms with E-state index < -0.39 is 5.82 Å². The molecule has 0 atom stereocenters. The Morgan fingerprint density at radius 2 is 2.00 bits per heavy atom. The molecule has 1 aliphatic rings. The highest BCUT2D eigenvalue weighted by Crippen LogP contribution is 2.33. The first-order valence-corrected chi connectivity index (χ1v) is 10.1. The van der Waals surface area contributed by atoms with Crippen molar-refractivity contribution in [1.29, 1.82) is 5.26 Å². The maximum absolute atomic E-state index is 13.8. The normalized spacial score (nSPS) is 12.1. The summed E-state index contributed by atoms with van der Waals surface area (Å²) in [5.74, 6) is 1.07. The summed E-state index contributed by atoms with van der Waals surface area (Å²) < 4.78 is 26.3. The fourth-order valence-corrected chi connectivity index (χ4v) is 3.82. The molecule has 32 heavy (non-hydrogen) atoms. The molecule has 0 spiro atoms.